The molecule has 0 bridgehead atoms. The van der Waals surface area contributed by atoms with E-state index < -0.39 is 0 Å². The maximum atomic E-state index is 11.6. The number of hydrogen-bond acceptors (Lipinski definition) is 6. The summed E-state index contributed by atoms with van der Waals surface area (Å²) in [4.78, 5) is 26.1. The van der Waals surface area contributed by atoms with Crippen molar-refractivity contribution in [2.45, 2.75) is 26.2 Å². The Balaban J connectivity index is 1.75. The number of aldehydes is 1. The standard InChI is InChI=1S/C21H26N4OS/c1-15-8-10-16(11-9-15)25(4)12-6-5-7-17-18(13-26)27-21-19(17)20(24(2)3)22-14-23-21/h6,8,10-15H,5,7,9H2,1-4H3/b12-6-. The predicted octanol–water partition coefficient (Wildman–Crippen LogP) is 4.43. The Morgan fingerprint density at radius 2 is 2.11 bits per heavy atom. The summed E-state index contributed by atoms with van der Waals surface area (Å²) in [6, 6.07) is 0. The molecular weight excluding hydrogens is 356 g/mol. The minimum absolute atomic E-state index is 0.618. The summed E-state index contributed by atoms with van der Waals surface area (Å²) in [6.07, 6.45) is 16.2. The average Bonchev–Trinajstić information content (AvgIpc) is 3.03. The molecule has 2 heterocycles. The van der Waals surface area contributed by atoms with E-state index in [1.807, 2.05) is 19.0 Å². The van der Waals surface area contributed by atoms with Crippen molar-refractivity contribution < 1.29 is 4.79 Å². The second-order valence-electron chi connectivity index (χ2n) is 7.07. The molecule has 1 aliphatic rings. The van der Waals surface area contributed by atoms with E-state index in [9.17, 15) is 4.79 Å². The summed E-state index contributed by atoms with van der Waals surface area (Å²) in [6.45, 7) is 2.22. The first-order valence-corrected chi connectivity index (χ1v) is 9.99. The van der Waals surface area contributed by atoms with Gasteiger partial charge in [0.15, 0.2) is 6.29 Å². The van der Waals surface area contributed by atoms with Gasteiger partial charge in [0.2, 0.25) is 0 Å². The van der Waals surface area contributed by atoms with E-state index >= 15 is 0 Å². The largest absolute Gasteiger partial charge is 0.362 e. The second-order valence-corrected chi connectivity index (χ2v) is 8.10. The SMILES string of the molecule is CC1C=CC(N(C)/C=C\CCc2c(C=O)sc3ncnc(N(C)C)c23)=CC1. The molecule has 5 nitrogen and oxygen atoms in total. The molecule has 3 rings (SSSR count). The average molecular weight is 383 g/mol. The van der Waals surface area contributed by atoms with Crippen LogP contribution in [-0.4, -0.2) is 42.3 Å². The van der Waals surface area contributed by atoms with Gasteiger partial charge in [0, 0.05) is 26.8 Å². The first-order valence-electron chi connectivity index (χ1n) is 9.18. The van der Waals surface area contributed by atoms with Gasteiger partial charge < -0.3 is 9.80 Å². The molecule has 2 aromatic rings. The zero-order chi connectivity index (χ0) is 19.4. The number of carbonyl (C=O) groups excluding carboxylic acids is 1. The lowest BCUT2D eigenvalue weighted by molar-refractivity contribution is 0.112. The molecule has 0 aliphatic heterocycles. The van der Waals surface area contributed by atoms with Crippen molar-refractivity contribution in [2.75, 3.05) is 26.0 Å². The van der Waals surface area contributed by atoms with E-state index in [4.69, 9.17) is 0 Å². The van der Waals surface area contributed by atoms with Crippen LogP contribution in [0.1, 0.15) is 35.0 Å². The zero-order valence-electron chi connectivity index (χ0n) is 16.3. The molecule has 1 aliphatic carbocycles. The minimum Gasteiger partial charge on any atom is -0.362 e. The number of allylic oxidation sites excluding steroid dienone is 4. The van der Waals surface area contributed by atoms with Gasteiger partial charge in [-0.3, -0.25) is 4.79 Å². The molecule has 6 heteroatoms. The third kappa shape index (κ3) is 4.27. The fourth-order valence-corrected chi connectivity index (χ4v) is 4.20. The summed E-state index contributed by atoms with van der Waals surface area (Å²) in [5, 5.41) is 1.00. The Hall–Kier alpha value is -2.47. The molecule has 1 unspecified atom stereocenters. The molecule has 0 saturated heterocycles. The van der Waals surface area contributed by atoms with E-state index in [-0.39, 0.29) is 0 Å². The van der Waals surface area contributed by atoms with Crippen molar-refractivity contribution in [3.05, 3.63) is 53.0 Å². The highest BCUT2D eigenvalue weighted by Gasteiger charge is 2.17. The Morgan fingerprint density at radius 3 is 2.78 bits per heavy atom. The van der Waals surface area contributed by atoms with Crippen molar-refractivity contribution in [1.29, 1.82) is 0 Å². The van der Waals surface area contributed by atoms with Crippen molar-refractivity contribution in [3.63, 3.8) is 0 Å². The number of rotatable bonds is 7. The zero-order valence-corrected chi connectivity index (χ0v) is 17.2. The lowest BCUT2D eigenvalue weighted by Crippen LogP contribution is -2.11. The Kier molecular flexibility index (Phi) is 6.06. The molecule has 0 N–H and O–H groups in total. The van der Waals surface area contributed by atoms with Crippen molar-refractivity contribution >= 4 is 33.7 Å². The molecule has 0 saturated carbocycles. The summed E-state index contributed by atoms with van der Waals surface area (Å²) in [5.41, 5.74) is 2.27. The van der Waals surface area contributed by atoms with Gasteiger partial charge in [-0.2, -0.15) is 0 Å². The van der Waals surface area contributed by atoms with Crippen LogP contribution in [0.5, 0.6) is 0 Å². The van der Waals surface area contributed by atoms with E-state index in [2.05, 4.69) is 59.3 Å². The maximum absolute atomic E-state index is 11.6. The van der Waals surface area contributed by atoms with Gasteiger partial charge in [0.1, 0.15) is 17.0 Å². The fourth-order valence-electron chi connectivity index (χ4n) is 3.20. The third-order valence-electron chi connectivity index (χ3n) is 4.72. The monoisotopic (exact) mass is 382 g/mol. The van der Waals surface area contributed by atoms with Crippen LogP contribution in [0.25, 0.3) is 10.2 Å². The van der Waals surface area contributed by atoms with E-state index in [0.29, 0.717) is 5.92 Å². The third-order valence-corrected chi connectivity index (χ3v) is 5.79. The molecule has 2 aromatic heterocycles. The van der Waals surface area contributed by atoms with Gasteiger partial charge in [0.05, 0.1) is 10.3 Å². The van der Waals surface area contributed by atoms with Crippen molar-refractivity contribution in [3.8, 4) is 0 Å². The van der Waals surface area contributed by atoms with Crippen LogP contribution in [0.3, 0.4) is 0 Å². The van der Waals surface area contributed by atoms with Crippen molar-refractivity contribution in [1.82, 2.24) is 14.9 Å². The lowest BCUT2D eigenvalue weighted by Gasteiger charge is -2.19. The normalized spacial score (nSPS) is 16.7. The lowest BCUT2D eigenvalue weighted by atomic mass is 10.0. The van der Waals surface area contributed by atoms with Gasteiger partial charge in [-0.1, -0.05) is 25.2 Å². The predicted molar refractivity (Wildman–Crippen MR) is 113 cm³/mol. The van der Waals surface area contributed by atoms with Crippen LogP contribution < -0.4 is 4.90 Å². The molecular formula is C21H26N4OS. The summed E-state index contributed by atoms with van der Waals surface area (Å²) >= 11 is 1.44. The summed E-state index contributed by atoms with van der Waals surface area (Å²) < 4.78 is 0. The van der Waals surface area contributed by atoms with Gasteiger partial charge >= 0.3 is 0 Å². The van der Waals surface area contributed by atoms with Gasteiger partial charge in [0.25, 0.3) is 0 Å². The molecule has 0 radical (unpaired) electrons. The number of aromatic nitrogens is 2. The Labute approximate surface area is 164 Å². The van der Waals surface area contributed by atoms with Crippen LogP contribution in [0.2, 0.25) is 0 Å². The van der Waals surface area contributed by atoms with E-state index in [0.717, 1.165) is 52.0 Å². The number of hydrogen-bond donors (Lipinski definition) is 0. The molecule has 0 spiro atoms. The van der Waals surface area contributed by atoms with Crippen LogP contribution in [0, 0.1) is 5.92 Å². The van der Waals surface area contributed by atoms with Crippen LogP contribution >= 0.6 is 11.3 Å². The molecule has 142 valence electrons. The van der Waals surface area contributed by atoms with Crippen LogP contribution in [0.4, 0.5) is 5.82 Å². The van der Waals surface area contributed by atoms with Crippen LogP contribution in [0.15, 0.2) is 42.5 Å². The first kappa shape index (κ1) is 19.3. The van der Waals surface area contributed by atoms with E-state index in [1.165, 1.54) is 17.0 Å². The number of thiophene rings is 1. The highest BCUT2D eigenvalue weighted by molar-refractivity contribution is 7.20. The minimum atomic E-state index is 0.618. The molecule has 0 amide bonds. The number of fused-ring (bicyclic) bond motifs is 1. The number of likely N-dealkylation sites (N-methyl/N-ethyl adjacent to an activating group) is 1. The quantitative estimate of drug-likeness (QED) is 0.663. The maximum Gasteiger partial charge on any atom is 0.160 e. The molecule has 1 atom stereocenters. The number of aryl methyl sites for hydroxylation is 1. The summed E-state index contributed by atoms with van der Waals surface area (Å²) in [5.74, 6) is 1.49. The fraction of sp³-hybridized carbons (Fsp3) is 0.381. The Morgan fingerprint density at radius 1 is 1.30 bits per heavy atom. The van der Waals surface area contributed by atoms with Gasteiger partial charge in [-0.15, -0.1) is 11.3 Å². The van der Waals surface area contributed by atoms with Crippen LogP contribution in [-0.2, 0) is 6.42 Å². The molecule has 0 aromatic carbocycles. The van der Waals surface area contributed by atoms with Crippen molar-refractivity contribution in [2.24, 2.45) is 5.92 Å². The highest BCUT2D eigenvalue weighted by Crippen LogP contribution is 2.34. The second kappa shape index (κ2) is 8.48. The first-order chi connectivity index (χ1) is 13.0. The Bertz CT molecular complexity index is 910. The highest BCUT2D eigenvalue weighted by atomic mass is 32.1. The van der Waals surface area contributed by atoms with Gasteiger partial charge in [-0.25, -0.2) is 9.97 Å². The number of carbonyl (C=O) groups is 1. The summed E-state index contributed by atoms with van der Waals surface area (Å²) in [7, 11) is 5.99. The number of anilines is 1. The molecule has 0 fully saturated rings. The topological polar surface area (TPSA) is 49.3 Å². The van der Waals surface area contributed by atoms with Gasteiger partial charge in [-0.05, 0) is 43.0 Å². The smallest absolute Gasteiger partial charge is 0.160 e. The van der Waals surface area contributed by atoms with E-state index in [1.54, 1.807) is 6.33 Å². The number of nitrogens with zero attached hydrogens (tertiary/aromatic N) is 4. The molecule has 27 heavy (non-hydrogen) atoms.